The van der Waals surface area contributed by atoms with Crippen molar-refractivity contribution >= 4 is 10.0 Å². The Balaban J connectivity index is 1.78. The normalized spacial score (nSPS) is 23.2. The van der Waals surface area contributed by atoms with Crippen LogP contribution in [0.3, 0.4) is 0 Å². The molecule has 2 heterocycles. The fourth-order valence-corrected chi connectivity index (χ4v) is 4.46. The van der Waals surface area contributed by atoms with E-state index in [-0.39, 0.29) is 5.41 Å². The van der Waals surface area contributed by atoms with E-state index in [0.717, 1.165) is 25.1 Å². The molecule has 3 rings (SSSR count). The smallest absolute Gasteiger partial charge is 0.243 e. The maximum Gasteiger partial charge on any atom is 0.243 e. The Hall–Kier alpha value is -0.910. The zero-order chi connectivity index (χ0) is 12.8. The minimum Gasteiger partial charge on any atom is -0.316 e. The molecule has 0 atom stereocenters. The number of nitrogens with one attached hydrogen (secondary N) is 1. The van der Waals surface area contributed by atoms with Crippen LogP contribution in [0.15, 0.2) is 29.2 Å². The highest BCUT2D eigenvalue weighted by Gasteiger charge is 2.49. The molecule has 5 heteroatoms. The van der Waals surface area contributed by atoms with Gasteiger partial charge in [-0.25, -0.2) is 8.42 Å². The van der Waals surface area contributed by atoms with Gasteiger partial charge in [0.15, 0.2) is 0 Å². The average Bonchev–Trinajstić information content (AvgIpc) is 2.76. The first kappa shape index (κ1) is 12.1. The second-order valence-electron chi connectivity index (χ2n) is 5.51. The number of benzene rings is 1. The third-order valence-corrected chi connectivity index (χ3v) is 5.82. The average molecular weight is 266 g/mol. The van der Waals surface area contributed by atoms with Gasteiger partial charge in [-0.1, -0.05) is 17.7 Å². The molecule has 1 N–H and O–H groups in total. The third-order valence-electron chi connectivity index (χ3n) is 4.01. The van der Waals surface area contributed by atoms with Crippen molar-refractivity contribution in [2.45, 2.75) is 18.2 Å². The van der Waals surface area contributed by atoms with Crippen LogP contribution >= 0.6 is 0 Å². The summed E-state index contributed by atoms with van der Waals surface area (Å²) < 4.78 is 26.3. The first-order valence-electron chi connectivity index (χ1n) is 6.30. The summed E-state index contributed by atoms with van der Waals surface area (Å²) >= 11 is 0. The number of sulfonamides is 1. The monoisotopic (exact) mass is 266 g/mol. The van der Waals surface area contributed by atoms with E-state index in [1.165, 1.54) is 0 Å². The molecule has 0 aromatic heterocycles. The number of hydrogen-bond acceptors (Lipinski definition) is 3. The highest BCUT2D eigenvalue weighted by Crippen LogP contribution is 2.39. The molecular weight excluding hydrogens is 248 g/mol. The Kier molecular flexibility index (Phi) is 2.73. The molecule has 1 spiro atoms. The molecule has 98 valence electrons. The van der Waals surface area contributed by atoms with Crippen LogP contribution in [0.4, 0.5) is 0 Å². The van der Waals surface area contributed by atoms with Gasteiger partial charge in [-0.15, -0.1) is 0 Å². The maximum absolute atomic E-state index is 12.4. The minimum atomic E-state index is -3.28. The van der Waals surface area contributed by atoms with Gasteiger partial charge in [0, 0.05) is 25.0 Å². The predicted octanol–water partition coefficient (Wildman–Crippen LogP) is 0.979. The van der Waals surface area contributed by atoms with Crippen LogP contribution < -0.4 is 5.32 Å². The van der Waals surface area contributed by atoms with E-state index in [0.29, 0.717) is 18.0 Å². The van der Waals surface area contributed by atoms with Gasteiger partial charge in [0.05, 0.1) is 4.90 Å². The molecule has 2 saturated heterocycles. The van der Waals surface area contributed by atoms with Gasteiger partial charge in [0.25, 0.3) is 0 Å². The van der Waals surface area contributed by atoms with Crippen LogP contribution in [0.1, 0.15) is 12.0 Å². The molecule has 0 saturated carbocycles. The maximum atomic E-state index is 12.4. The molecule has 1 aromatic rings. The van der Waals surface area contributed by atoms with Gasteiger partial charge in [-0.3, -0.25) is 0 Å². The van der Waals surface area contributed by atoms with Crippen molar-refractivity contribution in [1.82, 2.24) is 9.62 Å². The Morgan fingerprint density at radius 1 is 1.22 bits per heavy atom. The van der Waals surface area contributed by atoms with E-state index < -0.39 is 10.0 Å². The molecule has 0 aliphatic carbocycles. The molecule has 2 fully saturated rings. The lowest BCUT2D eigenvalue weighted by molar-refractivity contribution is 0.0917. The quantitative estimate of drug-likeness (QED) is 0.868. The number of hydrogen-bond donors (Lipinski definition) is 1. The summed E-state index contributed by atoms with van der Waals surface area (Å²) in [5.74, 6) is 0. The van der Waals surface area contributed by atoms with Crippen molar-refractivity contribution in [3.8, 4) is 0 Å². The molecule has 0 unspecified atom stereocenters. The summed E-state index contributed by atoms with van der Waals surface area (Å²) in [4.78, 5) is 0.411. The van der Waals surface area contributed by atoms with E-state index in [1.807, 2.05) is 19.1 Å². The Morgan fingerprint density at radius 2 is 1.89 bits per heavy atom. The van der Waals surface area contributed by atoms with E-state index >= 15 is 0 Å². The Labute approximate surface area is 108 Å². The van der Waals surface area contributed by atoms with Crippen molar-refractivity contribution in [2.75, 3.05) is 26.2 Å². The molecule has 0 radical (unpaired) electrons. The predicted molar refractivity (Wildman–Crippen MR) is 69.9 cm³/mol. The summed E-state index contributed by atoms with van der Waals surface area (Å²) in [6, 6.07) is 7.09. The minimum absolute atomic E-state index is 0.206. The second-order valence-corrected chi connectivity index (χ2v) is 7.45. The van der Waals surface area contributed by atoms with Crippen LogP contribution in [0.5, 0.6) is 0 Å². The van der Waals surface area contributed by atoms with Crippen molar-refractivity contribution in [1.29, 1.82) is 0 Å². The summed E-state index contributed by atoms with van der Waals surface area (Å²) in [6.07, 6.45) is 1.09. The fourth-order valence-electron chi connectivity index (χ4n) is 2.80. The molecule has 18 heavy (non-hydrogen) atoms. The SMILES string of the molecule is Cc1ccc(S(=O)(=O)N2CC3(CCNC3)C2)cc1. The molecule has 4 nitrogen and oxygen atoms in total. The van der Waals surface area contributed by atoms with Crippen molar-refractivity contribution in [3.63, 3.8) is 0 Å². The molecule has 2 aliphatic rings. The highest BCUT2D eigenvalue weighted by atomic mass is 32.2. The Bertz CT molecular complexity index is 537. The van der Waals surface area contributed by atoms with E-state index in [9.17, 15) is 8.42 Å². The number of rotatable bonds is 2. The first-order chi connectivity index (χ1) is 8.52. The lowest BCUT2D eigenvalue weighted by Gasteiger charge is -2.46. The highest BCUT2D eigenvalue weighted by molar-refractivity contribution is 7.89. The summed E-state index contributed by atoms with van der Waals surface area (Å²) in [5, 5.41) is 3.31. The molecule has 0 amide bonds. The van der Waals surface area contributed by atoms with Gasteiger partial charge >= 0.3 is 0 Å². The van der Waals surface area contributed by atoms with E-state index in [4.69, 9.17) is 0 Å². The lowest BCUT2D eigenvalue weighted by Crippen LogP contribution is -2.59. The van der Waals surface area contributed by atoms with Gasteiger partial charge in [-0.2, -0.15) is 4.31 Å². The molecule has 0 bridgehead atoms. The molecular formula is C13H18N2O2S. The van der Waals surface area contributed by atoms with Gasteiger partial charge in [0.1, 0.15) is 0 Å². The van der Waals surface area contributed by atoms with Crippen molar-refractivity contribution in [2.24, 2.45) is 5.41 Å². The third kappa shape index (κ3) is 1.86. The van der Waals surface area contributed by atoms with Crippen LogP contribution in [-0.2, 0) is 10.0 Å². The Morgan fingerprint density at radius 3 is 2.44 bits per heavy atom. The standard InChI is InChI=1S/C13H18N2O2S/c1-11-2-4-12(5-3-11)18(16,17)15-9-13(10-15)6-7-14-8-13/h2-5,14H,6-10H2,1H3. The molecule has 2 aliphatic heterocycles. The number of aryl methyl sites for hydroxylation is 1. The van der Waals surface area contributed by atoms with Crippen LogP contribution in [-0.4, -0.2) is 38.9 Å². The largest absolute Gasteiger partial charge is 0.316 e. The van der Waals surface area contributed by atoms with E-state index in [1.54, 1.807) is 16.4 Å². The number of nitrogens with zero attached hydrogens (tertiary/aromatic N) is 1. The van der Waals surface area contributed by atoms with Crippen molar-refractivity contribution < 1.29 is 8.42 Å². The van der Waals surface area contributed by atoms with Gasteiger partial charge < -0.3 is 5.32 Å². The summed E-state index contributed by atoms with van der Waals surface area (Å²) in [7, 11) is -3.28. The first-order valence-corrected chi connectivity index (χ1v) is 7.74. The fraction of sp³-hybridized carbons (Fsp3) is 0.538. The molecule has 1 aromatic carbocycles. The van der Waals surface area contributed by atoms with Gasteiger partial charge in [-0.05, 0) is 32.0 Å². The van der Waals surface area contributed by atoms with Crippen LogP contribution in [0.25, 0.3) is 0 Å². The van der Waals surface area contributed by atoms with Crippen LogP contribution in [0, 0.1) is 12.3 Å². The van der Waals surface area contributed by atoms with Crippen LogP contribution in [0.2, 0.25) is 0 Å². The van der Waals surface area contributed by atoms with E-state index in [2.05, 4.69) is 5.32 Å². The zero-order valence-electron chi connectivity index (χ0n) is 10.5. The van der Waals surface area contributed by atoms with Gasteiger partial charge in [0.2, 0.25) is 10.0 Å². The summed E-state index contributed by atoms with van der Waals surface area (Å²) in [5.41, 5.74) is 1.28. The second kappa shape index (κ2) is 4.05. The summed E-state index contributed by atoms with van der Waals surface area (Å²) in [6.45, 7) is 5.25. The topological polar surface area (TPSA) is 49.4 Å². The van der Waals surface area contributed by atoms with Crippen molar-refractivity contribution in [3.05, 3.63) is 29.8 Å². The zero-order valence-corrected chi connectivity index (χ0v) is 11.3. The lowest BCUT2D eigenvalue weighted by atomic mass is 9.81.